The van der Waals surface area contributed by atoms with E-state index in [1.54, 1.807) is 12.3 Å². The van der Waals surface area contributed by atoms with Gasteiger partial charge in [0.1, 0.15) is 17.5 Å². The molecular weight excluding hydrogens is 342 g/mol. The Kier molecular flexibility index (Phi) is 6.60. The van der Waals surface area contributed by atoms with Crippen molar-refractivity contribution in [2.45, 2.75) is 13.0 Å². The summed E-state index contributed by atoms with van der Waals surface area (Å²) >= 11 is 0. The van der Waals surface area contributed by atoms with Gasteiger partial charge in [0.05, 0.1) is 5.56 Å². The summed E-state index contributed by atoms with van der Waals surface area (Å²) < 4.78 is 26.3. The maximum absolute atomic E-state index is 13.5. The van der Waals surface area contributed by atoms with Crippen LogP contribution in [0.3, 0.4) is 0 Å². The monoisotopic (exact) mass is 362 g/mol. The van der Waals surface area contributed by atoms with Crippen LogP contribution in [0.2, 0.25) is 0 Å². The Hall–Kier alpha value is -3.03. The summed E-state index contributed by atoms with van der Waals surface area (Å²) in [6, 6.07) is 6.34. The van der Waals surface area contributed by atoms with E-state index < -0.39 is 17.5 Å². The minimum atomic E-state index is -0.945. The average molecular weight is 362 g/mol. The Labute approximate surface area is 150 Å². The predicted molar refractivity (Wildman–Crippen MR) is 93.7 cm³/mol. The van der Waals surface area contributed by atoms with Crippen molar-refractivity contribution in [3.63, 3.8) is 0 Å². The van der Waals surface area contributed by atoms with Crippen molar-refractivity contribution in [3.8, 4) is 0 Å². The van der Waals surface area contributed by atoms with Crippen LogP contribution in [-0.2, 0) is 11.3 Å². The zero-order chi connectivity index (χ0) is 19.1. The number of rotatable bonds is 7. The zero-order valence-electron chi connectivity index (χ0n) is 14.6. The molecule has 2 N–H and O–H groups in total. The molecule has 0 aliphatic heterocycles. The molecule has 2 amide bonds. The van der Waals surface area contributed by atoms with Crippen molar-refractivity contribution in [2.24, 2.45) is 0 Å². The number of carbonyl (C=O) groups is 2. The summed E-state index contributed by atoms with van der Waals surface area (Å²) in [6.45, 7) is 0.343. The highest BCUT2D eigenvalue weighted by Gasteiger charge is 2.13. The van der Waals surface area contributed by atoms with Crippen LogP contribution in [0.4, 0.5) is 14.6 Å². The van der Waals surface area contributed by atoms with Crippen LogP contribution in [0.25, 0.3) is 0 Å². The molecule has 1 heterocycles. The van der Waals surface area contributed by atoms with E-state index in [0.29, 0.717) is 12.6 Å². The first-order valence-corrected chi connectivity index (χ1v) is 7.99. The summed E-state index contributed by atoms with van der Waals surface area (Å²) in [5, 5.41) is 5.18. The molecule has 1 aromatic carbocycles. The van der Waals surface area contributed by atoms with Crippen LogP contribution in [0.1, 0.15) is 22.3 Å². The minimum Gasteiger partial charge on any atom is -0.362 e. The van der Waals surface area contributed by atoms with Crippen LogP contribution in [0.15, 0.2) is 36.5 Å². The topological polar surface area (TPSA) is 74.3 Å². The number of pyridine rings is 1. The molecule has 0 fully saturated rings. The maximum atomic E-state index is 13.5. The molecule has 0 unspecified atom stereocenters. The van der Waals surface area contributed by atoms with Gasteiger partial charge in [0.15, 0.2) is 0 Å². The Morgan fingerprint density at radius 2 is 1.92 bits per heavy atom. The van der Waals surface area contributed by atoms with E-state index in [-0.39, 0.29) is 24.4 Å². The fraction of sp³-hybridized carbons (Fsp3) is 0.278. The van der Waals surface area contributed by atoms with Gasteiger partial charge in [-0.2, -0.15) is 0 Å². The van der Waals surface area contributed by atoms with Crippen molar-refractivity contribution >= 4 is 17.6 Å². The number of nitrogens with zero attached hydrogens (tertiary/aromatic N) is 2. The van der Waals surface area contributed by atoms with Crippen molar-refractivity contribution in [1.29, 1.82) is 0 Å². The van der Waals surface area contributed by atoms with Crippen molar-refractivity contribution in [3.05, 3.63) is 59.3 Å². The molecule has 0 saturated heterocycles. The summed E-state index contributed by atoms with van der Waals surface area (Å²) in [6.07, 6.45) is 1.71. The highest BCUT2D eigenvalue weighted by Crippen LogP contribution is 2.13. The zero-order valence-corrected chi connectivity index (χ0v) is 14.6. The first kappa shape index (κ1) is 19.3. The molecule has 2 aromatic rings. The number of hydrogen-bond donors (Lipinski definition) is 2. The number of anilines is 1. The molecule has 0 saturated carbocycles. The molecule has 6 nitrogen and oxygen atoms in total. The Balaban J connectivity index is 1.80. The van der Waals surface area contributed by atoms with Gasteiger partial charge in [0.2, 0.25) is 5.91 Å². The number of hydrogen-bond acceptors (Lipinski definition) is 4. The second kappa shape index (κ2) is 8.89. The van der Waals surface area contributed by atoms with Crippen molar-refractivity contribution in [1.82, 2.24) is 15.6 Å². The van der Waals surface area contributed by atoms with E-state index >= 15 is 0 Å². The molecule has 1 aromatic heterocycles. The molecular formula is C18H20F2N4O2. The van der Waals surface area contributed by atoms with Crippen LogP contribution in [-0.4, -0.2) is 37.4 Å². The summed E-state index contributed by atoms with van der Waals surface area (Å²) in [7, 11) is 3.72. The van der Waals surface area contributed by atoms with Gasteiger partial charge in [-0.05, 0) is 18.2 Å². The van der Waals surface area contributed by atoms with Gasteiger partial charge in [-0.15, -0.1) is 0 Å². The first-order valence-electron chi connectivity index (χ1n) is 7.99. The second-order valence-electron chi connectivity index (χ2n) is 5.79. The fourth-order valence-corrected chi connectivity index (χ4v) is 2.31. The summed E-state index contributed by atoms with van der Waals surface area (Å²) in [5.74, 6) is -1.91. The molecule has 8 heteroatoms. The lowest BCUT2D eigenvalue weighted by molar-refractivity contribution is -0.121. The standard InChI is InChI=1S/C18H20F2N4O2/c1-24(2)17-12(4-3-8-21-17)11-23-16(25)7-9-22-18(26)14-6-5-13(19)10-15(14)20/h3-6,8,10H,7,9,11H2,1-2H3,(H,22,26)(H,23,25). The van der Waals surface area contributed by atoms with Gasteiger partial charge >= 0.3 is 0 Å². The van der Waals surface area contributed by atoms with Gasteiger partial charge in [-0.25, -0.2) is 13.8 Å². The third kappa shape index (κ3) is 5.23. The van der Waals surface area contributed by atoms with Gasteiger partial charge in [-0.1, -0.05) is 6.07 Å². The number of aromatic nitrogens is 1. The van der Waals surface area contributed by atoms with Gasteiger partial charge in [-0.3, -0.25) is 9.59 Å². The Morgan fingerprint density at radius 1 is 1.15 bits per heavy atom. The molecule has 0 spiro atoms. The van der Waals surface area contributed by atoms with Gasteiger partial charge < -0.3 is 15.5 Å². The lowest BCUT2D eigenvalue weighted by atomic mass is 10.2. The van der Waals surface area contributed by atoms with E-state index in [0.717, 1.165) is 23.5 Å². The molecule has 2 rings (SSSR count). The molecule has 0 radical (unpaired) electrons. The van der Waals surface area contributed by atoms with Crippen LogP contribution < -0.4 is 15.5 Å². The fourth-order valence-electron chi connectivity index (χ4n) is 2.31. The van der Waals surface area contributed by atoms with Crippen LogP contribution in [0, 0.1) is 11.6 Å². The second-order valence-corrected chi connectivity index (χ2v) is 5.79. The number of benzene rings is 1. The SMILES string of the molecule is CN(C)c1ncccc1CNC(=O)CCNC(=O)c1ccc(F)cc1F. The quantitative estimate of drug-likeness (QED) is 0.789. The number of nitrogens with one attached hydrogen (secondary N) is 2. The third-order valence-electron chi connectivity index (χ3n) is 3.58. The smallest absolute Gasteiger partial charge is 0.254 e. The minimum absolute atomic E-state index is 0.0338. The Morgan fingerprint density at radius 3 is 2.62 bits per heavy atom. The number of halogens is 2. The molecule has 0 atom stereocenters. The third-order valence-corrected chi connectivity index (χ3v) is 3.58. The normalized spacial score (nSPS) is 10.3. The molecule has 0 aliphatic carbocycles. The van der Waals surface area contributed by atoms with Crippen molar-refractivity contribution < 1.29 is 18.4 Å². The van der Waals surface area contributed by atoms with E-state index in [4.69, 9.17) is 0 Å². The summed E-state index contributed by atoms with van der Waals surface area (Å²) in [4.78, 5) is 29.8. The average Bonchev–Trinajstić information content (AvgIpc) is 2.60. The Bertz CT molecular complexity index is 797. The molecule has 26 heavy (non-hydrogen) atoms. The predicted octanol–water partition coefficient (Wildman–Crippen LogP) is 1.86. The number of amides is 2. The van der Waals surface area contributed by atoms with E-state index in [9.17, 15) is 18.4 Å². The first-order chi connectivity index (χ1) is 12.4. The van der Waals surface area contributed by atoms with E-state index in [2.05, 4.69) is 15.6 Å². The van der Waals surface area contributed by atoms with Crippen molar-refractivity contribution in [2.75, 3.05) is 25.5 Å². The highest BCUT2D eigenvalue weighted by molar-refractivity contribution is 5.94. The maximum Gasteiger partial charge on any atom is 0.254 e. The molecule has 0 bridgehead atoms. The van der Waals surface area contributed by atoms with E-state index in [1.807, 2.05) is 25.1 Å². The van der Waals surface area contributed by atoms with Gasteiger partial charge in [0, 0.05) is 51.4 Å². The summed E-state index contributed by atoms with van der Waals surface area (Å²) in [5.41, 5.74) is 0.598. The molecule has 138 valence electrons. The largest absolute Gasteiger partial charge is 0.362 e. The van der Waals surface area contributed by atoms with Crippen LogP contribution >= 0.6 is 0 Å². The molecule has 0 aliphatic rings. The van der Waals surface area contributed by atoms with E-state index in [1.165, 1.54) is 0 Å². The van der Waals surface area contributed by atoms with Crippen LogP contribution in [0.5, 0.6) is 0 Å². The van der Waals surface area contributed by atoms with Gasteiger partial charge in [0.25, 0.3) is 5.91 Å². The lowest BCUT2D eigenvalue weighted by Gasteiger charge is -2.16. The lowest BCUT2D eigenvalue weighted by Crippen LogP contribution is -2.31. The highest BCUT2D eigenvalue weighted by atomic mass is 19.1. The number of carbonyl (C=O) groups excluding carboxylic acids is 2.